The molecule has 1 aliphatic rings. The predicted molar refractivity (Wildman–Crippen MR) is 140 cm³/mol. The van der Waals surface area contributed by atoms with Gasteiger partial charge in [0.2, 0.25) is 11.2 Å². The predicted octanol–water partition coefficient (Wildman–Crippen LogP) is 6.37. The number of nitrogens with zero attached hydrogens (tertiary/aromatic N) is 1. The molecule has 7 heteroatoms. The molecule has 0 radical (unpaired) electrons. The minimum atomic E-state index is -0.391. The molecule has 0 spiro atoms. The number of rotatable bonds is 7. The molecule has 2 heterocycles. The van der Waals surface area contributed by atoms with Crippen LogP contribution in [0.1, 0.15) is 53.6 Å². The molecule has 37 heavy (non-hydrogen) atoms. The molecule has 0 amide bonds. The first kappa shape index (κ1) is 24.6. The Bertz CT molecular complexity index is 1480. The van der Waals surface area contributed by atoms with E-state index in [-0.39, 0.29) is 17.2 Å². The molecule has 1 aliphatic heterocycles. The molecular weight excluding hydrogens is 470 g/mol. The SMILES string of the molecule is CCCOC(=O)c1ccc(Oc2c(C)oc3c4c(ccc3c2=O)OCN(C(C)c2ccccc2)C4)cc1. The summed E-state index contributed by atoms with van der Waals surface area (Å²) in [5, 5.41) is 0.428. The molecule has 1 aromatic heterocycles. The Morgan fingerprint density at radius 2 is 1.81 bits per heavy atom. The highest BCUT2D eigenvalue weighted by Crippen LogP contribution is 2.36. The van der Waals surface area contributed by atoms with E-state index in [1.54, 1.807) is 37.3 Å². The summed E-state index contributed by atoms with van der Waals surface area (Å²) in [6.07, 6.45) is 0.753. The summed E-state index contributed by atoms with van der Waals surface area (Å²) in [5.74, 6) is 1.22. The van der Waals surface area contributed by atoms with E-state index in [1.165, 1.54) is 5.56 Å². The monoisotopic (exact) mass is 499 g/mol. The fourth-order valence-electron chi connectivity index (χ4n) is 4.44. The topological polar surface area (TPSA) is 78.2 Å². The number of carbonyl (C=O) groups excluding carboxylic acids is 1. The van der Waals surface area contributed by atoms with Crippen LogP contribution in [-0.2, 0) is 11.3 Å². The van der Waals surface area contributed by atoms with E-state index in [0.29, 0.717) is 53.7 Å². The van der Waals surface area contributed by atoms with Crippen LogP contribution in [0, 0.1) is 6.92 Å². The van der Waals surface area contributed by atoms with Gasteiger partial charge in [-0.1, -0.05) is 37.3 Å². The van der Waals surface area contributed by atoms with Gasteiger partial charge in [-0.25, -0.2) is 4.79 Å². The van der Waals surface area contributed by atoms with Crippen molar-refractivity contribution in [3.05, 3.63) is 99.4 Å². The van der Waals surface area contributed by atoms with Crippen molar-refractivity contribution in [2.75, 3.05) is 13.3 Å². The van der Waals surface area contributed by atoms with Crippen molar-refractivity contribution in [1.82, 2.24) is 4.90 Å². The lowest BCUT2D eigenvalue weighted by Gasteiger charge is -2.34. The van der Waals surface area contributed by atoms with Crippen LogP contribution < -0.4 is 14.9 Å². The smallest absolute Gasteiger partial charge is 0.338 e. The van der Waals surface area contributed by atoms with E-state index in [2.05, 4.69) is 24.0 Å². The zero-order valence-electron chi connectivity index (χ0n) is 21.2. The molecule has 3 aromatic carbocycles. The molecule has 0 fully saturated rings. The van der Waals surface area contributed by atoms with Crippen molar-refractivity contribution in [1.29, 1.82) is 0 Å². The van der Waals surface area contributed by atoms with Gasteiger partial charge < -0.3 is 18.6 Å². The average molecular weight is 500 g/mol. The van der Waals surface area contributed by atoms with Gasteiger partial charge in [-0.05, 0) is 62.2 Å². The van der Waals surface area contributed by atoms with Gasteiger partial charge in [-0.3, -0.25) is 9.69 Å². The number of hydrogen-bond acceptors (Lipinski definition) is 7. The first-order chi connectivity index (χ1) is 18.0. The quantitative estimate of drug-likeness (QED) is 0.273. The lowest BCUT2D eigenvalue weighted by atomic mass is 10.0. The Kier molecular flexibility index (Phi) is 6.97. The van der Waals surface area contributed by atoms with Crippen molar-refractivity contribution in [3.8, 4) is 17.2 Å². The lowest BCUT2D eigenvalue weighted by Crippen LogP contribution is -2.34. The molecule has 0 N–H and O–H groups in total. The van der Waals surface area contributed by atoms with Gasteiger partial charge in [0.05, 0.1) is 23.1 Å². The molecule has 1 atom stereocenters. The van der Waals surface area contributed by atoms with Gasteiger partial charge in [0.15, 0.2) is 0 Å². The number of hydrogen-bond donors (Lipinski definition) is 0. The highest BCUT2D eigenvalue weighted by Gasteiger charge is 2.27. The molecule has 0 bridgehead atoms. The molecule has 0 saturated heterocycles. The number of aryl methyl sites for hydroxylation is 1. The fraction of sp³-hybridized carbons (Fsp3) is 0.267. The van der Waals surface area contributed by atoms with Gasteiger partial charge >= 0.3 is 5.97 Å². The third-order valence-electron chi connectivity index (χ3n) is 6.57. The van der Waals surface area contributed by atoms with Crippen LogP contribution >= 0.6 is 0 Å². The molecule has 0 aliphatic carbocycles. The molecule has 0 saturated carbocycles. The van der Waals surface area contributed by atoms with Gasteiger partial charge in [-0.15, -0.1) is 0 Å². The molecular formula is C30H29NO6. The molecule has 5 rings (SSSR count). The van der Waals surface area contributed by atoms with Gasteiger partial charge in [0, 0.05) is 12.6 Å². The Morgan fingerprint density at radius 1 is 1.05 bits per heavy atom. The van der Waals surface area contributed by atoms with Gasteiger partial charge in [0.25, 0.3) is 0 Å². The summed E-state index contributed by atoms with van der Waals surface area (Å²) in [5.41, 5.74) is 2.69. The van der Waals surface area contributed by atoms with E-state index >= 15 is 0 Å². The second-order valence-electron chi connectivity index (χ2n) is 9.10. The highest BCUT2D eigenvalue weighted by molar-refractivity contribution is 5.89. The van der Waals surface area contributed by atoms with Crippen molar-refractivity contribution in [3.63, 3.8) is 0 Å². The zero-order valence-corrected chi connectivity index (χ0v) is 21.2. The average Bonchev–Trinajstić information content (AvgIpc) is 2.94. The van der Waals surface area contributed by atoms with Crippen molar-refractivity contribution in [2.45, 2.75) is 39.8 Å². The third kappa shape index (κ3) is 4.95. The number of carbonyl (C=O) groups is 1. The first-order valence-corrected chi connectivity index (χ1v) is 12.4. The normalized spacial score (nSPS) is 14.0. The molecule has 4 aromatic rings. The Morgan fingerprint density at radius 3 is 2.54 bits per heavy atom. The van der Waals surface area contributed by atoms with E-state index in [4.69, 9.17) is 18.6 Å². The standard InChI is InChI=1S/C30H29NO6/c1-4-16-34-30(33)22-10-12-23(13-11-22)37-28-20(3)36-29-24(27(28)32)14-15-26-25(29)17-31(18-35-26)19(2)21-8-6-5-7-9-21/h5-15,19H,4,16-18H2,1-3H3. The van der Waals surface area contributed by atoms with E-state index in [1.807, 2.05) is 31.2 Å². The highest BCUT2D eigenvalue weighted by atomic mass is 16.5. The summed E-state index contributed by atoms with van der Waals surface area (Å²) in [4.78, 5) is 27.7. The maximum absolute atomic E-state index is 13.5. The van der Waals surface area contributed by atoms with Crippen LogP contribution in [0.25, 0.3) is 11.0 Å². The maximum Gasteiger partial charge on any atom is 0.338 e. The van der Waals surface area contributed by atoms with Crippen LogP contribution in [0.5, 0.6) is 17.2 Å². The van der Waals surface area contributed by atoms with Crippen molar-refractivity contribution in [2.24, 2.45) is 0 Å². The second kappa shape index (κ2) is 10.5. The van der Waals surface area contributed by atoms with Crippen LogP contribution in [-0.4, -0.2) is 24.2 Å². The van der Waals surface area contributed by atoms with E-state index in [0.717, 1.165) is 12.0 Å². The van der Waals surface area contributed by atoms with E-state index in [9.17, 15) is 9.59 Å². The Labute approximate surface area is 215 Å². The zero-order chi connectivity index (χ0) is 25.9. The Balaban J connectivity index is 1.43. The summed E-state index contributed by atoms with van der Waals surface area (Å²) in [6, 6.07) is 20.4. The fourth-order valence-corrected chi connectivity index (χ4v) is 4.44. The summed E-state index contributed by atoms with van der Waals surface area (Å²) in [6.45, 7) is 7.18. The number of ether oxygens (including phenoxy) is 3. The van der Waals surface area contributed by atoms with Crippen LogP contribution in [0.3, 0.4) is 0 Å². The largest absolute Gasteiger partial charge is 0.478 e. The van der Waals surface area contributed by atoms with Gasteiger partial charge in [0.1, 0.15) is 29.6 Å². The van der Waals surface area contributed by atoms with Crippen LogP contribution in [0.2, 0.25) is 0 Å². The second-order valence-corrected chi connectivity index (χ2v) is 9.10. The maximum atomic E-state index is 13.5. The number of esters is 1. The lowest BCUT2D eigenvalue weighted by molar-refractivity contribution is 0.0505. The number of fused-ring (bicyclic) bond motifs is 3. The van der Waals surface area contributed by atoms with Crippen molar-refractivity contribution < 1.29 is 23.4 Å². The minimum absolute atomic E-state index is 0.111. The molecule has 1 unspecified atom stereocenters. The summed E-state index contributed by atoms with van der Waals surface area (Å²) < 4.78 is 23.3. The molecule has 7 nitrogen and oxygen atoms in total. The van der Waals surface area contributed by atoms with Gasteiger partial charge in [-0.2, -0.15) is 0 Å². The summed E-state index contributed by atoms with van der Waals surface area (Å²) >= 11 is 0. The summed E-state index contributed by atoms with van der Waals surface area (Å²) in [7, 11) is 0. The van der Waals surface area contributed by atoms with Crippen molar-refractivity contribution >= 4 is 16.9 Å². The Hall–Kier alpha value is -4.10. The third-order valence-corrected chi connectivity index (χ3v) is 6.57. The number of benzene rings is 3. The molecule has 190 valence electrons. The minimum Gasteiger partial charge on any atom is -0.478 e. The van der Waals surface area contributed by atoms with E-state index < -0.39 is 5.97 Å². The van der Waals surface area contributed by atoms with Crippen LogP contribution in [0.15, 0.2) is 75.9 Å². The first-order valence-electron chi connectivity index (χ1n) is 12.4. The van der Waals surface area contributed by atoms with Crippen LogP contribution in [0.4, 0.5) is 0 Å².